The third-order valence-corrected chi connectivity index (χ3v) is 8.38. The van der Waals surface area contributed by atoms with E-state index in [2.05, 4.69) is 172 Å². The normalized spacial score (nSPS) is 13.1. The zero-order chi connectivity index (χ0) is 33.7. The second-order valence-electron chi connectivity index (χ2n) is 11.6. The quantitative estimate of drug-likeness (QED) is 0.122. The van der Waals surface area contributed by atoms with Crippen molar-refractivity contribution < 1.29 is 0 Å². The fourth-order valence-electron chi connectivity index (χ4n) is 5.59. The molecule has 0 amide bonds. The highest BCUT2D eigenvalue weighted by Gasteiger charge is 2.09. The lowest BCUT2D eigenvalue weighted by atomic mass is 9.91. The van der Waals surface area contributed by atoms with E-state index in [0.29, 0.717) is 0 Å². The minimum Gasteiger partial charge on any atom is -0.0991 e. The standard InChI is InChI=1S/C48H42/c1-6-8-10-11-12-19-40(46-32-30-41-20-13-15-22-44(41)34-46)24-17-18-36(3)37(4)48(25-9-7-2)38(5)39-26-28-43(29-27-39)47-33-31-42-21-14-16-23-45(42)35-47/h6-35H,2-3,5H2,1,4H3/b8-6-,11-10+,18-17+,19-12-,25-9-,40-24+,48-37-. The predicted octanol–water partition coefficient (Wildman–Crippen LogP) is 13.6. The molecule has 5 aromatic rings. The molecule has 0 heterocycles. The Morgan fingerprint density at radius 3 is 1.83 bits per heavy atom. The summed E-state index contributed by atoms with van der Waals surface area (Å²) in [5.74, 6) is 0. The van der Waals surface area contributed by atoms with Crippen LogP contribution in [0, 0.1) is 0 Å². The lowest BCUT2D eigenvalue weighted by Crippen LogP contribution is -1.93. The monoisotopic (exact) mass is 618 g/mol. The molecule has 0 saturated heterocycles. The van der Waals surface area contributed by atoms with Crippen LogP contribution in [0.15, 0.2) is 219 Å². The highest BCUT2D eigenvalue weighted by Crippen LogP contribution is 2.31. The average Bonchev–Trinajstić information content (AvgIpc) is 3.13. The highest BCUT2D eigenvalue weighted by atomic mass is 14.1. The van der Waals surface area contributed by atoms with Crippen molar-refractivity contribution in [3.05, 3.63) is 230 Å². The van der Waals surface area contributed by atoms with Gasteiger partial charge >= 0.3 is 0 Å². The Labute approximate surface area is 286 Å². The molecular weight excluding hydrogens is 577 g/mol. The first-order valence-electron chi connectivity index (χ1n) is 16.3. The number of benzene rings is 5. The maximum absolute atomic E-state index is 4.51. The number of allylic oxidation sites excluding steroid dienone is 17. The largest absolute Gasteiger partial charge is 0.0991 e. The lowest BCUT2D eigenvalue weighted by Gasteiger charge is -2.14. The van der Waals surface area contributed by atoms with Gasteiger partial charge in [-0.25, -0.2) is 0 Å². The maximum atomic E-state index is 4.51. The molecule has 0 nitrogen and oxygen atoms in total. The van der Waals surface area contributed by atoms with Crippen LogP contribution in [0.5, 0.6) is 0 Å². The fraction of sp³-hybridized carbons (Fsp3) is 0.0417. The zero-order valence-corrected chi connectivity index (χ0v) is 27.9. The predicted molar refractivity (Wildman–Crippen MR) is 214 cm³/mol. The Morgan fingerprint density at radius 2 is 1.15 bits per heavy atom. The molecule has 0 saturated carbocycles. The van der Waals surface area contributed by atoms with Crippen LogP contribution in [-0.4, -0.2) is 0 Å². The Morgan fingerprint density at radius 1 is 0.542 bits per heavy atom. The van der Waals surface area contributed by atoms with Gasteiger partial charge in [0.15, 0.2) is 0 Å². The topological polar surface area (TPSA) is 0 Å². The first-order valence-corrected chi connectivity index (χ1v) is 16.3. The summed E-state index contributed by atoms with van der Waals surface area (Å²) in [6, 6.07) is 38.7. The number of rotatable bonds is 12. The zero-order valence-electron chi connectivity index (χ0n) is 27.9. The van der Waals surface area contributed by atoms with E-state index >= 15 is 0 Å². The minimum atomic E-state index is 0.915. The molecule has 0 spiro atoms. The van der Waals surface area contributed by atoms with E-state index in [-0.39, 0.29) is 0 Å². The Hall–Kier alpha value is -5.98. The van der Waals surface area contributed by atoms with Crippen LogP contribution in [0.3, 0.4) is 0 Å². The van der Waals surface area contributed by atoms with Gasteiger partial charge in [-0.15, -0.1) is 0 Å². The van der Waals surface area contributed by atoms with Gasteiger partial charge in [-0.05, 0) is 97.6 Å². The van der Waals surface area contributed by atoms with Crippen molar-refractivity contribution in [2.75, 3.05) is 0 Å². The van der Waals surface area contributed by atoms with Gasteiger partial charge in [0.1, 0.15) is 0 Å². The van der Waals surface area contributed by atoms with Gasteiger partial charge in [0.25, 0.3) is 0 Å². The van der Waals surface area contributed by atoms with Crippen molar-refractivity contribution in [1.29, 1.82) is 0 Å². The van der Waals surface area contributed by atoms with Crippen LogP contribution in [-0.2, 0) is 0 Å². The molecule has 5 rings (SSSR count). The van der Waals surface area contributed by atoms with E-state index in [0.717, 1.165) is 39.0 Å². The average molecular weight is 619 g/mol. The molecule has 0 fully saturated rings. The second kappa shape index (κ2) is 16.5. The first kappa shape index (κ1) is 33.4. The summed E-state index contributed by atoms with van der Waals surface area (Å²) in [6.45, 7) is 17.0. The summed E-state index contributed by atoms with van der Waals surface area (Å²) in [5.41, 5.74) is 9.63. The molecule has 0 unspecified atom stereocenters. The maximum Gasteiger partial charge on any atom is -0.0149 e. The summed E-state index contributed by atoms with van der Waals surface area (Å²) in [4.78, 5) is 0. The van der Waals surface area contributed by atoms with E-state index in [1.54, 1.807) is 6.08 Å². The fourth-order valence-corrected chi connectivity index (χ4v) is 5.59. The minimum absolute atomic E-state index is 0.915. The van der Waals surface area contributed by atoms with Crippen molar-refractivity contribution in [2.45, 2.75) is 13.8 Å². The summed E-state index contributed by atoms with van der Waals surface area (Å²) in [6.07, 6.45) is 24.4. The molecule has 0 bridgehead atoms. The molecule has 0 atom stereocenters. The van der Waals surface area contributed by atoms with Crippen LogP contribution in [0.1, 0.15) is 25.0 Å². The van der Waals surface area contributed by atoms with Crippen LogP contribution in [0.4, 0.5) is 0 Å². The molecule has 5 aromatic carbocycles. The van der Waals surface area contributed by atoms with Gasteiger partial charge in [-0.3, -0.25) is 0 Å². The number of fused-ring (bicyclic) bond motifs is 2. The molecule has 48 heavy (non-hydrogen) atoms. The van der Waals surface area contributed by atoms with Gasteiger partial charge in [-0.2, -0.15) is 0 Å². The highest BCUT2D eigenvalue weighted by molar-refractivity contribution is 5.89. The van der Waals surface area contributed by atoms with E-state index in [4.69, 9.17) is 0 Å². The van der Waals surface area contributed by atoms with Crippen molar-refractivity contribution >= 4 is 32.7 Å². The molecule has 234 valence electrons. The Balaban J connectivity index is 1.41. The molecule has 0 aliphatic carbocycles. The van der Waals surface area contributed by atoms with Gasteiger partial charge in [0, 0.05) is 0 Å². The summed E-state index contributed by atoms with van der Waals surface area (Å²) >= 11 is 0. The van der Waals surface area contributed by atoms with E-state index in [9.17, 15) is 0 Å². The van der Waals surface area contributed by atoms with Crippen LogP contribution in [0.2, 0.25) is 0 Å². The van der Waals surface area contributed by atoms with Crippen LogP contribution >= 0.6 is 0 Å². The summed E-state index contributed by atoms with van der Waals surface area (Å²) in [5, 5.41) is 4.93. The molecule has 0 aliphatic heterocycles. The SMILES string of the molecule is C=C/C=C\C(C(=C)c1ccc(-c2ccc3ccccc3c2)cc1)=C(/C)C(=C)/C=C/C=C(\C=C/C=C/C=C\C)c1ccc2ccccc2c1. The van der Waals surface area contributed by atoms with Gasteiger partial charge in [0.05, 0.1) is 0 Å². The van der Waals surface area contributed by atoms with E-state index < -0.39 is 0 Å². The van der Waals surface area contributed by atoms with Gasteiger partial charge in [0.2, 0.25) is 0 Å². The Bertz CT molecular complexity index is 2170. The van der Waals surface area contributed by atoms with Crippen molar-refractivity contribution in [1.82, 2.24) is 0 Å². The number of hydrogen-bond donors (Lipinski definition) is 0. The van der Waals surface area contributed by atoms with Gasteiger partial charge in [-0.1, -0.05) is 190 Å². The molecule has 0 heteroatoms. The third kappa shape index (κ3) is 8.43. The molecule has 0 radical (unpaired) electrons. The summed E-state index contributed by atoms with van der Waals surface area (Å²) in [7, 11) is 0. The van der Waals surface area contributed by atoms with Crippen molar-refractivity contribution in [3.63, 3.8) is 0 Å². The number of hydrogen-bond acceptors (Lipinski definition) is 0. The lowest BCUT2D eigenvalue weighted by molar-refractivity contribution is 1.39. The molecule has 0 aliphatic rings. The van der Waals surface area contributed by atoms with E-state index in [1.165, 1.54) is 32.7 Å². The van der Waals surface area contributed by atoms with Crippen LogP contribution in [0.25, 0.3) is 43.8 Å². The molecular formula is C48H42. The van der Waals surface area contributed by atoms with E-state index in [1.807, 2.05) is 37.3 Å². The molecule has 0 N–H and O–H groups in total. The first-order chi connectivity index (χ1) is 23.5. The van der Waals surface area contributed by atoms with Gasteiger partial charge < -0.3 is 0 Å². The third-order valence-electron chi connectivity index (χ3n) is 8.38. The Kier molecular flexibility index (Phi) is 11.5. The van der Waals surface area contributed by atoms with Crippen molar-refractivity contribution in [2.24, 2.45) is 0 Å². The smallest absolute Gasteiger partial charge is 0.0149 e. The second-order valence-corrected chi connectivity index (χ2v) is 11.6. The van der Waals surface area contributed by atoms with Crippen molar-refractivity contribution in [3.8, 4) is 11.1 Å². The molecule has 0 aromatic heterocycles. The van der Waals surface area contributed by atoms with Crippen LogP contribution < -0.4 is 0 Å². The summed E-state index contributed by atoms with van der Waals surface area (Å²) < 4.78 is 0.